The number of carbonyl (C=O) groups is 1. The molecular weight excluding hydrogens is 288 g/mol. The average molecular weight is 314 g/mol. The number of nitrogens with two attached hydrogens (primary N) is 1. The van der Waals surface area contributed by atoms with Gasteiger partial charge in [0, 0.05) is 24.8 Å². The Bertz CT molecular complexity index is 609. The van der Waals surface area contributed by atoms with Crippen molar-refractivity contribution < 1.29 is 9.53 Å². The molecule has 0 saturated carbocycles. The molecule has 2 saturated heterocycles. The highest BCUT2D eigenvalue weighted by Crippen LogP contribution is 2.44. The van der Waals surface area contributed by atoms with Gasteiger partial charge < -0.3 is 10.5 Å². The largest absolute Gasteiger partial charge is 0.377 e. The highest BCUT2D eigenvalue weighted by molar-refractivity contribution is 5.93. The van der Waals surface area contributed by atoms with Crippen LogP contribution in [0.3, 0.4) is 0 Å². The summed E-state index contributed by atoms with van der Waals surface area (Å²) in [7, 11) is 0. The van der Waals surface area contributed by atoms with Crippen molar-refractivity contribution in [3.8, 4) is 0 Å². The maximum Gasteiger partial charge on any atom is 0.248 e. The van der Waals surface area contributed by atoms with Crippen LogP contribution in [0.2, 0.25) is 0 Å². The number of fused-ring (bicyclic) bond motifs is 4. The lowest BCUT2D eigenvalue weighted by Gasteiger charge is -2.49. The Morgan fingerprint density at radius 2 is 2.26 bits per heavy atom. The molecule has 2 heterocycles. The third-order valence-corrected chi connectivity index (χ3v) is 6.16. The summed E-state index contributed by atoms with van der Waals surface area (Å²) in [5.41, 5.74) is 8.88. The van der Waals surface area contributed by atoms with Crippen molar-refractivity contribution in [2.24, 2.45) is 11.7 Å². The number of primary amides is 1. The number of hydrogen-bond donors (Lipinski definition) is 1. The molecule has 4 nitrogen and oxygen atoms in total. The number of benzene rings is 1. The van der Waals surface area contributed by atoms with Crippen molar-refractivity contribution in [1.29, 1.82) is 0 Å². The number of likely N-dealkylation sites (tertiary alicyclic amines) is 1. The maximum absolute atomic E-state index is 11.5. The molecule has 1 aromatic rings. The molecule has 2 aliphatic heterocycles. The molecule has 1 aliphatic carbocycles. The minimum Gasteiger partial charge on any atom is -0.377 e. The minimum absolute atomic E-state index is 0.321. The number of piperidine rings is 1. The number of nitrogens with zero attached hydrogens (tertiary/aromatic N) is 1. The van der Waals surface area contributed by atoms with E-state index in [1.54, 1.807) is 0 Å². The second-order valence-electron chi connectivity index (χ2n) is 7.43. The summed E-state index contributed by atoms with van der Waals surface area (Å²) in [4.78, 5) is 14.1. The Kier molecular flexibility index (Phi) is 3.90. The fraction of sp³-hybridized carbons (Fsp3) is 0.632. The molecule has 4 rings (SSSR count). The van der Waals surface area contributed by atoms with Gasteiger partial charge in [0.05, 0.1) is 6.10 Å². The van der Waals surface area contributed by atoms with Crippen molar-refractivity contribution in [2.45, 2.75) is 50.7 Å². The molecule has 0 unspecified atom stereocenters. The molecule has 2 bridgehead atoms. The van der Waals surface area contributed by atoms with E-state index in [0.717, 1.165) is 26.1 Å². The first kappa shape index (κ1) is 15.2. The van der Waals surface area contributed by atoms with Crippen LogP contribution in [-0.4, -0.2) is 42.6 Å². The number of rotatable bonds is 3. The van der Waals surface area contributed by atoms with Crippen LogP contribution in [0.1, 0.15) is 53.6 Å². The SMILES string of the molecule is C[C@H]1[C@H]2Cc3ccc(C(N)=O)cc3[C@@H]1CCN2C[C@H]1CCCO1. The monoisotopic (exact) mass is 314 g/mol. The molecule has 124 valence electrons. The van der Waals surface area contributed by atoms with E-state index in [4.69, 9.17) is 10.5 Å². The quantitative estimate of drug-likeness (QED) is 0.931. The smallest absolute Gasteiger partial charge is 0.248 e. The molecule has 4 atom stereocenters. The Balaban J connectivity index is 1.58. The average Bonchev–Trinajstić information content (AvgIpc) is 3.03. The summed E-state index contributed by atoms with van der Waals surface area (Å²) < 4.78 is 5.85. The van der Waals surface area contributed by atoms with E-state index in [-0.39, 0.29) is 5.91 Å². The first-order valence-electron chi connectivity index (χ1n) is 8.92. The van der Waals surface area contributed by atoms with E-state index >= 15 is 0 Å². The third kappa shape index (κ3) is 2.68. The van der Waals surface area contributed by atoms with E-state index in [1.807, 2.05) is 12.1 Å². The first-order valence-corrected chi connectivity index (χ1v) is 8.92. The van der Waals surface area contributed by atoms with E-state index in [9.17, 15) is 4.79 Å². The van der Waals surface area contributed by atoms with Crippen molar-refractivity contribution in [2.75, 3.05) is 19.7 Å². The van der Waals surface area contributed by atoms with Crippen LogP contribution in [-0.2, 0) is 11.2 Å². The fourth-order valence-electron chi connectivity index (χ4n) is 4.87. The molecular formula is C19H26N2O2. The lowest BCUT2D eigenvalue weighted by Crippen LogP contribution is -2.53. The van der Waals surface area contributed by atoms with Crippen molar-refractivity contribution in [3.05, 3.63) is 34.9 Å². The second-order valence-corrected chi connectivity index (χ2v) is 7.43. The van der Waals surface area contributed by atoms with Crippen LogP contribution in [0.25, 0.3) is 0 Å². The lowest BCUT2D eigenvalue weighted by atomic mass is 9.68. The summed E-state index contributed by atoms with van der Waals surface area (Å²) in [6, 6.07) is 6.66. The predicted molar refractivity (Wildman–Crippen MR) is 89.5 cm³/mol. The number of hydrogen-bond acceptors (Lipinski definition) is 3. The van der Waals surface area contributed by atoms with Crippen LogP contribution >= 0.6 is 0 Å². The van der Waals surface area contributed by atoms with E-state index < -0.39 is 0 Å². The highest BCUT2D eigenvalue weighted by Gasteiger charge is 2.41. The van der Waals surface area contributed by atoms with Gasteiger partial charge in [-0.15, -0.1) is 0 Å². The predicted octanol–water partition coefficient (Wildman–Crippen LogP) is 2.31. The van der Waals surface area contributed by atoms with Gasteiger partial charge in [0.15, 0.2) is 0 Å². The van der Waals surface area contributed by atoms with Gasteiger partial charge in [-0.2, -0.15) is 0 Å². The van der Waals surface area contributed by atoms with Gasteiger partial charge >= 0.3 is 0 Å². The molecule has 0 aromatic heterocycles. The van der Waals surface area contributed by atoms with Gasteiger partial charge in [-0.05, 0) is 67.3 Å². The van der Waals surface area contributed by atoms with Crippen molar-refractivity contribution in [3.63, 3.8) is 0 Å². The van der Waals surface area contributed by atoms with Crippen LogP contribution in [0.5, 0.6) is 0 Å². The molecule has 3 aliphatic rings. The Hall–Kier alpha value is -1.39. The summed E-state index contributed by atoms with van der Waals surface area (Å²) in [5, 5.41) is 0. The summed E-state index contributed by atoms with van der Waals surface area (Å²) >= 11 is 0. The van der Waals surface area contributed by atoms with Gasteiger partial charge in [-0.3, -0.25) is 9.69 Å². The Labute approximate surface area is 138 Å². The van der Waals surface area contributed by atoms with Gasteiger partial charge in [-0.25, -0.2) is 0 Å². The van der Waals surface area contributed by atoms with Gasteiger partial charge in [0.1, 0.15) is 0 Å². The lowest BCUT2D eigenvalue weighted by molar-refractivity contribution is 0.0162. The van der Waals surface area contributed by atoms with Crippen LogP contribution in [0.4, 0.5) is 0 Å². The Morgan fingerprint density at radius 3 is 3.00 bits per heavy atom. The first-order chi connectivity index (χ1) is 11.1. The normalized spacial score (nSPS) is 33.4. The van der Waals surface area contributed by atoms with Crippen LogP contribution in [0.15, 0.2) is 18.2 Å². The van der Waals surface area contributed by atoms with E-state index in [1.165, 1.54) is 30.4 Å². The summed E-state index contributed by atoms with van der Waals surface area (Å²) in [6.07, 6.45) is 5.09. The summed E-state index contributed by atoms with van der Waals surface area (Å²) in [6.45, 7) is 5.52. The molecule has 23 heavy (non-hydrogen) atoms. The molecule has 0 radical (unpaired) electrons. The van der Waals surface area contributed by atoms with E-state index in [0.29, 0.717) is 29.5 Å². The topological polar surface area (TPSA) is 55.6 Å². The molecule has 4 heteroatoms. The zero-order chi connectivity index (χ0) is 16.0. The van der Waals surface area contributed by atoms with Crippen molar-refractivity contribution in [1.82, 2.24) is 4.90 Å². The molecule has 2 N–H and O–H groups in total. The van der Waals surface area contributed by atoms with Gasteiger partial charge in [0.25, 0.3) is 0 Å². The fourth-order valence-corrected chi connectivity index (χ4v) is 4.87. The molecule has 0 spiro atoms. The number of ether oxygens (including phenoxy) is 1. The zero-order valence-electron chi connectivity index (χ0n) is 13.8. The third-order valence-electron chi connectivity index (χ3n) is 6.16. The van der Waals surface area contributed by atoms with Crippen LogP contribution in [0, 0.1) is 5.92 Å². The summed E-state index contributed by atoms with van der Waals surface area (Å²) in [5.74, 6) is 0.864. The van der Waals surface area contributed by atoms with Crippen LogP contribution < -0.4 is 5.73 Å². The second kappa shape index (κ2) is 5.91. The van der Waals surface area contributed by atoms with E-state index in [2.05, 4.69) is 17.9 Å². The Morgan fingerprint density at radius 1 is 1.39 bits per heavy atom. The zero-order valence-corrected chi connectivity index (χ0v) is 13.8. The maximum atomic E-state index is 11.5. The van der Waals surface area contributed by atoms with Gasteiger partial charge in [-0.1, -0.05) is 13.0 Å². The highest BCUT2D eigenvalue weighted by atomic mass is 16.5. The minimum atomic E-state index is -0.321. The van der Waals surface area contributed by atoms with Gasteiger partial charge in [0.2, 0.25) is 5.91 Å². The standard InChI is InChI=1S/C19H26N2O2/c1-12-16-6-7-21(11-15-3-2-8-23-15)18(12)10-13-4-5-14(19(20)22)9-17(13)16/h4-5,9,12,15-16,18H,2-3,6-8,10-11H2,1H3,(H2,20,22)/t12-,15-,16-,18-/m1/s1. The number of amides is 1. The number of carbonyl (C=O) groups excluding carboxylic acids is 1. The molecule has 1 amide bonds. The van der Waals surface area contributed by atoms with Crippen molar-refractivity contribution >= 4 is 5.91 Å². The molecule has 2 fully saturated rings. The molecule has 1 aromatic carbocycles.